The monoisotopic (exact) mass is 338 g/mol. The van der Waals surface area contributed by atoms with E-state index in [1.807, 2.05) is 0 Å². The molecule has 0 bridgehead atoms. The molecule has 2 N–H and O–H groups in total. The topological polar surface area (TPSA) is 77.4 Å². The first kappa shape index (κ1) is 17.0. The second-order valence-corrected chi connectivity index (χ2v) is 5.48. The number of phenols is 2. The minimum Gasteiger partial charge on any atom is -0.508 e. The van der Waals surface area contributed by atoms with Crippen molar-refractivity contribution in [2.75, 3.05) is 28.4 Å². The quantitative estimate of drug-likeness (QED) is 0.837. The van der Waals surface area contributed by atoms with Crippen LogP contribution < -0.4 is 18.9 Å². The van der Waals surface area contributed by atoms with Crippen LogP contribution in [-0.4, -0.2) is 38.7 Å². The van der Waals surface area contributed by atoms with Crippen LogP contribution in [0.15, 0.2) is 34.1 Å². The maximum Gasteiger partial charge on any atom is 0.140 e. The molecule has 0 atom stereocenters. The summed E-state index contributed by atoms with van der Waals surface area (Å²) < 4.78 is 21.3. The van der Waals surface area contributed by atoms with Gasteiger partial charge in [-0.1, -0.05) is 11.8 Å². The molecule has 0 aliphatic heterocycles. The number of methoxy groups -OCH3 is 4. The number of aromatic hydroxyl groups is 2. The summed E-state index contributed by atoms with van der Waals surface area (Å²) in [7, 11) is 6.01. The molecule has 2 aromatic rings. The number of hydrogen-bond acceptors (Lipinski definition) is 7. The molecule has 0 unspecified atom stereocenters. The van der Waals surface area contributed by atoms with Crippen LogP contribution in [0.3, 0.4) is 0 Å². The van der Waals surface area contributed by atoms with Crippen molar-refractivity contribution in [1.82, 2.24) is 0 Å². The van der Waals surface area contributed by atoms with Gasteiger partial charge in [0.15, 0.2) is 0 Å². The zero-order chi connectivity index (χ0) is 17.0. The van der Waals surface area contributed by atoms with Crippen LogP contribution in [0.4, 0.5) is 0 Å². The van der Waals surface area contributed by atoms with E-state index in [1.54, 1.807) is 0 Å². The van der Waals surface area contributed by atoms with E-state index >= 15 is 0 Å². The van der Waals surface area contributed by atoms with Crippen molar-refractivity contribution >= 4 is 11.8 Å². The summed E-state index contributed by atoms with van der Waals surface area (Å²) in [5.74, 6) is 1.86. The number of benzene rings is 2. The van der Waals surface area contributed by atoms with Crippen molar-refractivity contribution in [2.24, 2.45) is 0 Å². The van der Waals surface area contributed by atoms with Crippen LogP contribution in [0.2, 0.25) is 0 Å². The lowest BCUT2D eigenvalue weighted by Gasteiger charge is -2.17. The molecule has 0 aromatic heterocycles. The highest BCUT2D eigenvalue weighted by Gasteiger charge is 2.20. The highest BCUT2D eigenvalue weighted by Crippen LogP contribution is 2.50. The van der Waals surface area contributed by atoms with Gasteiger partial charge >= 0.3 is 0 Å². The molecule has 0 aliphatic rings. The van der Waals surface area contributed by atoms with Crippen LogP contribution >= 0.6 is 11.8 Å². The molecular weight excluding hydrogens is 320 g/mol. The minimum absolute atomic E-state index is 0.0349. The SMILES string of the molecule is COc1cc(O)cc(OC)c1Sc1c(OC)cc(O)cc1OC. The van der Waals surface area contributed by atoms with Gasteiger partial charge in [0.25, 0.3) is 0 Å². The Balaban J connectivity index is 2.59. The lowest BCUT2D eigenvalue weighted by Crippen LogP contribution is -1.95. The third-order valence-corrected chi connectivity index (χ3v) is 4.31. The Morgan fingerprint density at radius 3 is 1.09 bits per heavy atom. The van der Waals surface area contributed by atoms with Crippen LogP contribution in [-0.2, 0) is 0 Å². The summed E-state index contributed by atoms with van der Waals surface area (Å²) in [6.45, 7) is 0. The zero-order valence-corrected chi connectivity index (χ0v) is 14.1. The lowest BCUT2D eigenvalue weighted by molar-refractivity contribution is 0.364. The zero-order valence-electron chi connectivity index (χ0n) is 13.2. The van der Waals surface area contributed by atoms with Crippen molar-refractivity contribution < 1.29 is 29.2 Å². The van der Waals surface area contributed by atoms with Crippen LogP contribution in [0.5, 0.6) is 34.5 Å². The normalized spacial score (nSPS) is 10.3. The molecule has 0 amide bonds. The molecule has 2 rings (SSSR count). The molecule has 23 heavy (non-hydrogen) atoms. The second kappa shape index (κ2) is 7.23. The van der Waals surface area contributed by atoms with E-state index in [0.29, 0.717) is 32.8 Å². The molecular formula is C16H18O6S. The highest BCUT2D eigenvalue weighted by atomic mass is 32.2. The Morgan fingerprint density at radius 1 is 0.609 bits per heavy atom. The predicted molar refractivity (Wildman–Crippen MR) is 86.5 cm³/mol. The second-order valence-electron chi connectivity index (χ2n) is 4.46. The van der Waals surface area contributed by atoms with Crippen molar-refractivity contribution in [3.05, 3.63) is 24.3 Å². The largest absolute Gasteiger partial charge is 0.508 e. The number of phenolic OH excluding ortho intramolecular Hbond substituents is 2. The fraction of sp³-hybridized carbons (Fsp3) is 0.250. The summed E-state index contributed by atoms with van der Waals surface area (Å²) in [6.07, 6.45) is 0. The van der Waals surface area contributed by atoms with Gasteiger partial charge in [0.05, 0.1) is 38.2 Å². The lowest BCUT2D eigenvalue weighted by atomic mass is 10.3. The van der Waals surface area contributed by atoms with Gasteiger partial charge in [0.2, 0.25) is 0 Å². The van der Waals surface area contributed by atoms with E-state index < -0.39 is 0 Å². The van der Waals surface area contributed by atoms with E-state index in [9.17, 15) is 10.2 Å². The van der Waals surface area contributed by atoms with Gasteiger partial charge in [-0.3, -0.25) is 0 Å². The van der Waals surface area contributed by atoms with E-state index in [0.717, 1.165) is 0 Å². The van der Waals surface area contributed by atoms with Gasteiger partial charge in [0.1, 0.15) is 34.5 Å². The summed E-state index contributed by atoms with van der Waals surface area (Å²) in [4.78, 5) is 1.30. The fourth-order valence-electron chi connectivity index (χ4n) is 2.04. The summed E-state index contributed by atoms with van der Waals surface area (Å²) in [5, 5.41) is 19.5. The first-order chi connectivity index (χ1) is 11.0. The van der Waals surface area contributed by atoms with Crippen molar-refractivity contribution in [3.8, 4) is 34.5 Å². The first-order valence-corrected chi connectivity index (χ1v) is 7.43. The third-order valence-electron chi connectivity index (χ3n) is 3.09. The molecule has 0 saturated carbocycles. The number of rotatable bonds is 6. The Hall–Kier alpha value is -2.41. The summed E-state index contributed by atoms with van der Waals surface area (Å²) in [5.41, 5.74) is 0. The van der Waals surface area contributed by atoms with E-state index in [2.05, 4.69) is 0 Å². The molecule has 0 heterocycles. The molecule has 0 fully saturated rings. The van der Waals surface area contributed by atoms with Crippen LogP contribution in [0.25, 0.3) is 0 Å². The van der Waals surface area contributed by atoms with Gasteiger partial charge in [-0.15, -0.1) is 0 Å². The van der Waals surface area contributed by atoms with Gasteiger partial charge < -0.3 is 29.2 Å². The molecule has 7 heteroatoms. The number of ether oxygens (including phenoxy) is 4. The molecule has 6 nitrogen and oxygen atoms in total. The minimum atomic E-state index is 0.0349. The molecule has 0 radical (unpaired) electrons. The van der Waals surface area contributed by atoms with Crippen LogP contribution in [0, 0.1) is 0 Å². The van der Waals surface area contributed by atoms with Gasteiger partial charge in [-0.25, -0.2) is 0 Å². The first-order valence-electron chi connectivity index (χ1n) is 6.61. The maximum atomic E-state index is 9.73. The Morgan fingerprint density at radius 2 is 0.870 bits per heavy atom. The fourth-order valence-corrected chi connectivity index (χ4v) is 3.21. The van der Waals surface area contributed by atoms with Gasteiger partial charge in [-0.2, -0.15) is 0 Å². The van der Waals surface area contributed by atoms with Crippen molar-refractivity contribution in [2.45, 2.75) is 9.79 Å². The van der Waals surface area contributed by atoms with Crippen molar-refractivity contribution in [1.29, 1.82) is 0 Å². The Kier molecular flexibility index (Phi) is 5.33. The smallest absolute Gasteiger partial charge is 0.140 e. The van der Waals surface area contributed by atoms with E-state index in [1.165, 1.54) is 64.5 Å². The van der Waals surface area contributed by atoms with Gasteiger partial charge in [0, 0.05) is 24.3 Å². The highest BCUT2D eigenvalue weighted by molar-refractivity contribution is 7.99. The van der Waals surface area contributed by atoms with E-state index in [-0.39, 0.29) is 11.5 Å². The molecule has 124 valence electrons. The average molecular weight is 338 g/mol. The third kappa shape index (κ3) is 3.50. The molecule has 2 aromatic carbocycles. The van der Waals surface area contributed by atoms with Crippen LogP contribution in [0.1, 0.15) is 0 Å². The standard InChI is InChI=1S/C16H18O6S/c1-19-11-5-9(17)6-12(20-2)15(11)23-16-13(21-3)7-10(18)8-14(16)22-4/h5-8,17-18H,1-4H3. The molecule has 0 spiro atoms. The Bertz CT molecular complexity index is 591. The summed E-state index contributed by atoms with van der Waals surface area (Å²) in [6, 6.07) is 5.96. The van der Waals surface area contributed by atoms with Gasteiger partial charge in [-0.05, 0) is 0 Å². The van der Waals surface area contributed by atoms with E-state index in [4.69, 9.17) is 18.9 Å². The Labute approximate surface area is 138 Å². The summed E-state index contributed by atoms with van der Waals surface area (Å²) >= 11 is 1.29. The predicted octanol–water partition coefficient (Wildman–Crippen LogP) is 3.28. The molecule has 0 aliphatic carbocycles. The van der Waals surface area contributed by atoms with Crippen molar-refractivity contribution in [3.63, 3.8) is 0 Å². The average Bonchev–Trinajstić information content (AvgIpc) is 2.56. The molecule has 0 saturated heterocycles. The maximum absolute atomic E-state index is 9.73. The number of hydrogen-bond donors (Lipinski definition) is 2.